The lowest BCUT2D eigenvalue weighted by atomic mass is 10.0. The van der Waals surface area contributed by atoms with Gasteiger partial charge in [0.2, 0.25) is 5.78 Å². The molecule has 1 aliphatic heterocycles. The molecule has 3 rings (SSSR count). The van der Waals surface area contributed by atoms with Crippen LogP contribution in [-0.2, 0) is 11.3 Å². The third kappa shape index (κ3) is 2.18. The van der Waals surface area contributed by atoms with E-state index >= 15 is 0 Å². The van der Waals surface area contributed by atoms with Crippen molar-refractivity contribution in [1.29, 1.82) is 0 Å². The normalized spacial score (nSPS) is 24.1. The monoisotopic (exact) mass is 261 g/mol. The van der Waals surface area contributed by atoms with Crippen molar-refractivity contribution >= 4 is 11.7 Å². The molecule has 1 aliphatic rings. The van der Waals surface area contributed by atoms with Crippen molar-refractivity contribution in [3.05, 3.63) is 30.4 Å². The molecule has 2 aromatic heterocycles. The van der Waals surface area contributed by atoms with E-state index in [1.807, 2.05) is 27.8 Å². The van der Waals surface area contributed by atoms with Gasteiger partial charge in [-0.15, -0.1) is 0 Å². The zero-order valence-corrected chi connectivity index (χ0v) is 10.4. The molecule has 3 N–H and O–H groups in total. The minimum Gasteiger partial charge on any atom is -0.480 e. The molecule has 7 heteroatoms. The summed E-state index contributed by atoms with van der Waals surface area (Å²) in [4.78, 5) is 21.6. The zero-order chi connectivity index (χ0) is 13.5. The van der Waals surface area contributed by atoms with E-state index in [9.17, 15) is 4.79 Å². The molecular formula is C12H15N5O2. The van der Waals surface area contributed by atoms with Crippen LogP contribution in [0.1, 0.15) is 12.1 Å². The maximum Gasteiger partial charge on any atom is 0.325 e. The van der Waals surface area contributed by atoms with E-state index in [0.29, 0.717) is 31.8 Å². The molecule has 0 aromatic carbocycles. The van der Waals surface area contributed by atoms with E-state index in [2.05, 4.69) is 9.97 Å². The third-order valence-electron chi connectivity index (χ3n) is 3.48. The van der Waals surface area contributed by atoms with Crippen LogP contribution in [0.25, 0.3) is 5.78 Å². The molecular weight excluding hydrogens is 246 g/mol. The fourth-order valence-electron chi connectivity index (χ4n) is 2.41. The van der Waals surface area contributed by atoms with Gasteiger partial charge in [0.1, 0.15) is 5.54 Å². The SMILES string of the molecule is NC1(C(=O)O)CCN(Cc2cn3cccnc3n2)C1. The van der Waals surface area contributed by atoms with Gasteiger partial charge >= 0.3 is 5.97 Å². The second kappa shape index (κ2) is 4.29. The average molecular weight is 261 g/mol. The van der Waals surface area contributed by atoms with Crippen molar-refractivity contribution in [3.8, 4) is 0 Å². The first-order valence-corrected chi connectivity index (χ1v) is 6.10. The molecule has 100 valence electrons. The first-order valence-electron chi connectivity index (χ1n) is 6.10. The largest absolute Gasteiger partial charge is 0.480 e. The highest BCUT2D eigenvalue weighted by atomic mass is 16.4. The second-order valence-electron chi connectivity index (χ2n) is 4.98. The Morgan fingerprint density at radius 3 is 3.11 bits per heavy atom. The fraction of sp³-hybridized carbons (Fsp3) is 0.417. The number of hydrogen-bond donors (Lipinski definition) is 2. The summed E-state index contributed by atoms with van der Waals surface area (Å²) < 4.78 is 1.85. The number of aliphatic carboxylic acids is 1. The lowest BCUT2D eigenvalue weighted by molar-refractivity contribution is -0.142. The molecule has 1 unspecified atom stereocenters. The highest BCUT2D eigenvalue weighted by Gasteiger charge is 2.41. The van der Waals surface area contributed by atoms with Crippen LogP contribution in [0.2, 0.25) is 0 Å². The summed E-state index contributed by atoms with van der Waals surface area (Å²) in [6.07, 6.45) is 5.94. The Bertz CT molecular complexity index is 592. The Hall–Kier alpha value is -1.99. The lowest BCUT2D eigenvalue weighted by Crippen LogP contribution is -2.50. The number of carbonyl (C=O) groups is 1. The number of likely N-dealkylation sites (tertiary alicyclic amines) is 1. The molecule has 2 aromatic rings. The van der Waals surface area contributed by atoms with Crippen LogP contribution in [-0.4, -0.2) is 49.0 Å². The van der Waals surface area contributed by atoms with Gasteiger partial charge in [0.05, 0.1) is 5.69 Å². The number of nitrogens with two attached hydrogens (primary N) is 1. The molecule has 0 spiro atoms. The standard InChI is InChI=1S/C12H15N5O2/c13-12(10(18)19)2-5-16(8-12)6-9-7-17-4-1-3-14-11(17)15-9/h1,3-4,7H,2,5-6,8,13H2,(H,18,19). The van der Waals surface area contributed by atoms with Crippen LogP contribution in [0, 0.1) is 0 Å². The van der Waals surface area contributed by atoms with Gasteiger partial charge in [-0.3, -0.25) is 14.1 Å². The van der Waals surface area contributed by atoms with Crippen molar-refractivity contribution in [3.63, 3.8) is 0 Å². The number of carboxylic acid groups (broad SMARTS) is 1. The summed E-state index contributed by atoms with van der Waals surface area (Å²) >= 11 is 0. The number of imidazole rings is 1. The van der Waals surface area contributed by atoms with E-state index in [1.54, 1.807) is 6.20 Å². The van der Waals surface area contributed by atoms with Crippen LogP contribution in [0.3, 0.4) is 0 Å². The van der Waals surface area contributed by atoms with E-state index in [0.717, 1.165) is 5.69 Å². The smallest absolute Gasteiger partial charge is 0.325 e. The summed E-state index contributed by atoms with van der Waals surface area (Å²) in [7, 11) is 0. The molecule has 0 amide bonds. The van der Waals surface area contributed by atoms with E-state index in [4.69, 9.17) is 10.8 Å². The molecule has 19 heavy (non-hydrogen) atoms. The van der Waals surface area contributed by atoms with Crippen molar-refractivity contribution in [1.82, 2.24) is 19.3 Å². The highest BCUT2D eigenvalue weighted by Crippen LogP contribution is 2.20. The summed E-state index contributed by atoms with van der Waals surface area (Å²) in [5.74, 6) is -0.291. The minimum absolute atomic E-state index is 0.351. The van der Waals surface area contributed by atoms with Crippen molar-refractivity contribution in [2.24, 2.45) is 5.73 Å². The number of carboxylic acids is 1. The van der Waals surface area contributed by atoms with Crippen molar-refractivity contribution < 1.29 is 9.90 Å². The highest BCUT2D eigenvalue weighted by molar-refractivity contribution is 5.79. The Morgan fingerprint density at radius 2 is 2.42 bits per heavy atom. The second-order valence-corrected chi connectivity index (χ2v) is 4.98. The number of aromatic nitrogens is 3. The van der Waals surface area contributed by atoms with Crippen LogP contribution >= 0.6 is 0 Å². The molecule has 0 radical (unpaired) electrons. The minimum atomic E-state index is -1.13. The number of hydrogen-bond acceptors (Lipinski definition) is 5. The van der Waals surface area contributed by atoms with Gasteiger partial charge in [0.15, 0.2) is 0 Å². The first-order chi connectivity index (χ1) is 9.07. The lowest BCUT2D eigenvalue weighted by Gasteiger charge is -2.19. The Balaban J connectivity index is 1.74. The third-order valence-corrected chi connectivity index (χ3v) is 3.48. The van der Waals surface area contributed by atoms with E-state index in [1.165, 1.54) is 0 Å². The van der Waals surface area contributed by atoms with Gasteiger partial charge in [-0.1, -0.05) is 0 Å². The topological polar surface area (TPSA) is 96.8 Å². The van der Waals surface area contributed by atoms with Gasteiger partial charge in [0, 0.05) is 38.2 Å². The van der Waals surface area contributed by atoms with Gasteiger partial charge in [-0.25, -0.2) is 9.97 Å². The number of rotatable bonds is 3. The van der Waals surface area contributed by atoms with Gasteiger partial charge in [0.25, 0.3) is 0 Å². The van der Waals surface area contributed by atoms with Gasteiger partial charge in [-0.2, -0.15) is 0 Å². The molecule has 1 saturated heterocycles. The predicted molar refractivity (Wildman–Crippen MR) is 67.4 cm³/mol. The maximum atomic E-state index is 11.1. The zero-order valence-electron chi connectivity index (χ0n) is 10.4. The van der Waals surface area contributed by atoms with Gasteiger partial charge in [-0.05, 0) is 12.5 Å². The summed E-state index contributed by atoms with van der Waals surface area (Å²) in [6, 6.07) is 1.84. The first kappa shape index (κ1) is 12.1. The number of fused-ring (bicyclic) bond motifs is 1. The van der Waals surface area contributed by atoms with Crippen LogP contribution in [0.15, 0.2) is 24.7 Å². The molecule has 1 fully saturated rings. The molecule has 3 heterocycles. The summed E-state index contributed by atoms with van der Waals surface area (Å²) in [5, 5.41) is 9.09. The molecule has 0 aliphatic carbocycles. The quantitative estimate of drug-likeness (QED) is 0.788. The Kier molecular flexibility index (Phi) is 2.72. The molecule has 1 atom stereocenters. The van der Waals surface area contributed by atoms with E-state index in [-0.39, 0.29) is 0 Å². The summed E-state index contributed by atoms with van der Waals surface area (Å²) in [5.41, 5.74) is 5.58. The molecule has 0 saturated carbocycles. The van der Waals surface area contributed by atoms with E-state index < -0.39 is 11.5 Å². The van der Waals surface area contributed by atoms with Crippen molar-refractivity contribution in [2.45, 2.75) is 18.5 Å². The van der Waals surface area contributed by atoms with Crippen molar-refractivity contribution in [2.75, 3.05) is 13.1 Å². The fourth-order valence-corrected chi connectivity index (χ4v) is 2.41. The summed E-state index contributed by atoms with van der Waals surface area (Å²) in [6.45, 7) is 1.61. The maximum absolute atomic E-state index is 11.1. The van der Waals surface area contributed by atoms with Gasteiger partial charge < -0.3 is 10.8 Å². The average Bonchev–Trinajstić information content (AvgIpc) is 2.93. The number of nitrogens with zero attached hydrogens (tertiary/aromatic N) is 4. The molecule has 0 bridgehead atoms. The predicted octanol–water partition coefficient (Wildman–Crippen LogP) is -0.283. The molecule has 7 nitrogen and oxygen atoms in total. The van der Waals surface area contributed by atoms with Crippen LogP contribution in [0.5, 0.6) is 0 Å². The Labute approximate surface area is 109 Å². The van der Waals surface area contributed by atoms with Crippen LogP contribution in [0.4, 0.5) is 0 Å². The Morgan fingerprint density at radius 1 is 1.58 bits per heavy atom. The van der Waals surface area contributed by atoms with Crippen LogP contribution < -0.4 is 5.73 Å².